The summed E-state index contributed by atoms with van der Waals surface area (Å²) in [6.07, 6.45) is 3.42. The molecule has 0 aromatic heterocycles. The summed E-state index contributed by atoms with van der Waals surface area (Å²) in [6.45, 7) is 1.91. The van der Waals surface area contributed by atoms with Crippen molar-refractivity contribution in [2.75, 3.05) is 26.4 Å². The Hall–Kier alpha value is -1.22. The van der Waals surface area contributed by atoms with Crippen LogP contribution in [0.15, 0.2) is 0 Å². The zero-order chi connectivity index (χ0) is 13.9. The second kappa shape index (κ2) is 8.42. The van der Waals surface area contributed by atoms with E-state index in [0.29, 0.717) is 39.3 Å². The van der Waals surface area contributed by atoms with Crippen molar-refractivity contribution in [1.29, 1.82) is 0 Å². The van der Waals surface area contributed by atoms with E-state index in [-0.39, 0.29) is 46.9 Å². The third kappa shape index (κ3) is 5.20. The van der Waals surface area contributed by atoms with Crippen molar-refractivity contribution in [2.45, 2.75) is 37.9 Å². The van der Waals surface area contributed by atoms with Gasteiger partial charge in [0.25, 0.3) is 0 Å². The van der Waals surface area contributed by atoms with Gasteiger partial charge in [0.2, 0.25) is 0 Å². The molecule has 0 amide bonds. The van der Waals surface area contributed by atoms with Crippen LogP contribution in [0, 0.1) is 11.8 Å². The Labute approximate surface area is 128 Å². The summed E-state index contributed by atoms with van der Waals surface area (Å²) in [4.78, 5) is 24.2. The van der Waals surface area contributed by atoms with Crippen molar-refractivity contribution in [2.24, 2.45) is 11.8 Å². The molecule has 3 fully saturated rings. The third-order valence-corrected chi connectivity index (χ3v) is 4.00. The van der Waals surface area contributed by atoms with E-state index < -0.39 is 0 Å². The highest BCUT2D eigenvalue weighted by Gasteiger charge is 2.39. The van der Waals surface area contributed by atoms with Crippen LogP contribution in [0.1, 0.15) is 25.7 Å². The molecule has 4 atom stereocenters. The summed E-state index contributed by atoms with van der Waals surface area (Å²) in [5.41, 5.74) is 0. The minimum absolute atomic E-state index is 0. The summed E-state index contributed by atoms with van der Waals surface area (Å²) in [5, 5.41) is 0. The first-order valence-electron chi connectivity index (χ1n) is 7.30. The molecule has 8 nitrogen and oxygen atoms in total. The molecule has 2 aliphatic heterocycles. The van der Waals surface area contributed by atoms with Crippen molar-refractivity contribution in [3.05, 3.63) is 0 Å². The lowest BCUT2D eigenvalue weighted by atomic mass is 9.79. The standard InChI is InChI=1S/C14H20O6.2H2O/c15-13(19-7-9-5-17-9)11-3-1-2-4-12(11)14(16)20-8-10-6-18-10;;/h9-12H,1-8H2;2*1H2. The van der Waals surface area contributed by atoms with Crippen molar-refractivity contribution in [3.63, 3.8) is 0 Å². The summed E-state index contributed by atoms with van der Waals surface area (Å²) in [6, 6.07) is 0. The Kier molecular flexibility index (Phi) is 7.21. The fraction of sp³-hybridized carbons (Fsp3) is 0.857. The Bertz CT molecular complexity index is 341. The lowest BCUT2D eigenvalue weighted by Crippen LogP contribution is -2.35. The highest BCUT2D eigenvalue weighted by atomic mass is 16.6. The highest BCUT2D eigenvalue weighted by molar-refractivity contribution is 5.82. The smallest absolute Gasteiger partial charge is 0.309 e. The summed E-state index contributed by atoms with van der Waals surface area (Å²) >= 11 is 0. The van der Waals surface area contributed by atoms with Gasteiger partial charge in [0.1, 0.15) is 25.4 Å². The van der Waals surface area contributed by atoms with Gasteiger partial charge in [-0.25, -0.2) is 0 Å². The van der Waals surface area contributed by atoms with Crippen molar-refractivity contribution in [1.82, 2.24) is 0 Å². The van der Waals surface area contributed by atoms with E-state index in [1.807, 2.05) is 0 Å². The van der Waals surface area contributed by atoms with E-state index in [2.05, 4.69) is 0 Å². The van der Waals surface area contributed by atoms with Crippen LogP contribution < -0.4 is 0 Å². The monoisotopic (exact) mass is 320 g/mol. The first-order chi connectivity index (χ1) is 9.74. The molecule has 22 heavy (non-hydrogen) atoms. The van der Waals surface area contributed by atoms with Crippen LogP contribution in [0.2, 0.25) is 0 Å². The van der Waals surface area contributed by atoms with E-state index in [9.17, 15) is 9.59 Å². The zero-order valence-corrected chi connectivity index (χ0v) is 12.4. The second-order valence-electron chi connectivity index (χ2n) is 5.67. The van der Waals surface area contributed by atoms with E-state index >= 15 is 0 Å². The van der Waals surface area contributed by atoms with E-state index in [4.69, 9.17) is 18.9 Å². The molecule has 2 saturated heterocycles. The average Bonchev–Trinajstić information content (AvgIpc) is 3.36. The van der Waals surface area contributed by atoms with Crippen LogP contribution in [-0.2, 0) is 28.5 Å². The van der Waals surface area contributed by atoms with Crippen LogP contribution in [0.25, 0.3) is 0 Å². The maximum atomic E-state index is 12.1. The van der Waals surface area contributed by atoms with Crippen LogP contribution in [0.4, 0.5) is 0 Å². The van der Waals surface area contributed by atoms with Crippen molar-refractivity contribution >= 4 is 11.9 Å². The maximum absolute atomic E-state index is 12.1. The molecule has 1 saturated carbocycles. The van der Waals surface area contributed by atoms with Gasteiger partial charge in [0.05, 0.1) is 25.0 Å². The fourth-order valence-electron chi connectivity index (χ4n) is 2.59. The molecule has 0 aromatic rings. The van der Waals surface area contributed by atoms with E-state index in [1.54, 1.807) is 0 Å². The largest absolute Gasteiger partial charge is 0.463 e. The Morgan fingerprint density at radius 1 is 0.818 bits per heavy atom. The quantitative estimate of drug-likeness (QED) is 0.455. The van der Waals surface area contributed by atoms with Crippen LogP contribution in [-0.4, -0.2) is 61.5 Å². The van der Waals surface area contributed by atoms with Gasteiger partial charge in [-0.2, -0.15) is 0 Å². The minimum Gasteiger partial charge on any atom is -0.463 e. The van der Waals surface area contributed by atoms with Gasteiger partial charge in [-0.3, -0.25) is 9.59 Å². The van der Waals surface area contributed by atoms with Crippen LogP contribution in [0.3, 0.4) is 0 Å². The number of carbonyl (C=O) groups excluding carboxylic acids is 2. The number of esters is 2. The fourth-order valence-corrected chi connectivity index (χ4v) is 2.59. The molecule has 2 heterocycles. The van der Waals surface area contributed by atoms with Gasteiger partial charge < -0.3 is 29.9 Å². The molecule has 0 aromatic carbocycles. The van der Waals surface area contributed by atoms with Crippen molar-refractivity contribution < 1.29 is 39.5 Å². The number of rotatable bonds is 6. The molecule has 128 valence electrons. The first kappa shape index (κ1) is 18.8. The van der Waals surface area contributed by atoms with Gasteiger partial charge in [0, 0.05) is 0 Å². The lowest BCUT2D eigenvalue weighted by Gasteiger charge is -2.28. The summed E-state index contributed by atoms with van der Waals surface area (Å²) < 4.78 is 20.5. The Morgan fingerprint density at radius 3 is 1.50 bits per heavy atom. The molecule has 3 rings (SSSR count). The molecule has 0 radical (unpaired) electrons. The summed E-state index contributed by atoms with van der Waals surface area (Å²) in [5.74, 6) is -1.31. The Morgan fingerprint density at radius 2 is 1.18 bits per heavy atom. The van der Waals surface area contributed by atoms with Crippen LogP contribution >= 0.6 is 0 Å². The highest BCUT2D eigenvalue weighted by Crippen LogP contribution is 2.32. The topological polar surface area (TPSA) is 141 Å². The molecule has 1 aliphatic carbocycles. The lowest BCUT2D eigenvalue weighted by molar-refractivity contribution is -0.163. The third-order valence-electron chi connectivity index (χ3n) is 4.00. The molecule has 3 aliphatic rings. The van der Waals surface area contributed by atoms with Gasteiger partial charge in [-0.05, 0) is 12.8 Å². The van der Waals surface area contributed by atoms with Gasteiger partial charge >= 0.3 is 11.9 Å². The summed E-state index contributed by atoms with van der Waals surface area (Å²) in [7, 11) is 0. The predicted octanol–water partition coefficient (Wildman–Crippen LogP) is -0.973. The number of hydrogen-bond donors (Lipinski definition) is 0. The average molecular weight is 320 g/mol. The molecule has 0 bridgehead atoms. The van der Waals surface area contributed by atoms with Crippen molar-refractivity contribution in [3.8, 4) is 0 Å². The predicted molar refractivity (Wildman–Crippen MR) is 74.1 cm³/mol. The maximum Gasteiger partial charge on any atom is 0.309 e. The van der Waals surface area contributed by atoms with Gasteiger partial charge in [-0.15, -0.1) is 0 Å². The molecule has 0 spiro atoms. The van der Waals surface area contributed by atoms with Crippen LogP contribution in [0.5, 0.6) is 0 Å². The molecule has 4 unspecified atom stereocenters. The number of carbonyl (C=O) groups is 2. The first-order valence-corrected chi connectivity index (χ1v) is 7.30. The number of hydrogen-bond acceptors (Lipinski definition) is 6. The van der Waals surface area contributed by atoms with Gasteiger partial charge in [-0.1, -0.05) is 12.8 Å². The minimum atomic E-state index is -0.366. The zero-order valence-electron chi connectivity index (χ0n) is 12.4. The number of epoxide rings is 2. The SMILES string of the molecule is O.O.O=C(OCC1CO1)C1CCCCC1C(=O)OCC1CO1. The van der Waals surface area contributed by atoms with E-state index in [1.165, 1.54) is 0 Å². The molecule has 4 N–H and O–H groups in total. The molecular weight excluding hydrogens is 296 g/mol. The Balaban J connectivity index is 0.00000121. The van der Waals surface area contributed by atoms with E-state index in [0.717, 1.165) is 12.8 Å². The van der Waals surface area contributed by atoms with Gasteiger partial charge in [0.15, 0.2) is 0 Å². The second-order valence-corrected chi connectivity index (χ2v) is 5.67. The number of ether oxygens (including phenoxy) is 4. The normalized spacial score (nSPS) is 32.0. The molecular formula is C14H24O8. The molecule has 8 heteroatoms.